The van der Waals surface area contributed by atoms with E-state index >= 15 is 0 Å². The van der Waals surface area contributed by atoms with Crippen LogP contribution in [0, 0.1) is 0 Å². The summed E-state index contributed by atoms with van der Waals surface area (Å²) in [6.07, 6.45) is 4.53. The zero-order valence-corrected chi connectivity index (χ0v) is 9.35. The molecule has 0 saturated carbocycles. The van der Waals surface area contributed by atoms with Crippen molar-refractivity contribution < 1.29 is 9.90 Å². The van der Waals surface area contributed by atoms with Crippen LogP contribution in [-0.2, 0) is 6.61 Å². The molecule has 0 radical (unpaired) electrons. The Labute approximate surface area is 95.7 Å². The number of aldehydes is 1. The van der Waals surface area contributed by atoms with Crippen LogP contribution in [0.25, 0.3) is 0 Å². The Balaban J connectivity index is 2.31. The largest absolute Gasteiger partial charge is 0.392 e. The molecule has 2 rings (SSSR count). The Bertz CT molecular complexity index is 370. The SMILES string of the molecule is O=Cc1ccc(CO)cc1N1CCCCC1. The van der Waals surface area contributed by atoms with Gasteiger partial charge in [0, 0.05) is 24.3 Å². The lowest BCUT2D eigenvalue weighted by Gasteiger charge is -2.30. The van der Waals surface area contributed by atoms with E-state index in [1.54, 1.807) is 12.1 Å². The van der Waals surface area contributed by atoms with Gasteiger partial charge >= 0.3 is 0 Å². The Hall–Kier alpha value is -1.35. The van der Waals surface area contributed by atoms with E-state index in [-0.39, 0.29) is 6.61 Å². The van der Waals surface area contributed by atoms with Gasteiger partial charge in [-0.15, -0.1) is 0 Å². The molecule has 0 spiro atoms. The van der Waals surface area contributed by atoms with Crippen molar-refractivity contribution in [1.82, 2.24) is 0 Å². The summed E-state index contributed by atoms with van der Waals surface area (Å²) in [4.78, 5) is 13.2. The van der Waals surface area contributed by atoms with Crippen molar-refractivity contribution in [3.63, 3.8) is 0 Å². The molecule has 0 atom stereocenters. The maximum Gasteiger partial charge on any atom is 0.152 e. The van der Waals surface area contributed by atoms with Crippen molar-refractivity contribution in [3.05, 3.63) is 29.3 Å². The van der Waals surface area contributed by atoms with E-state index < -0.39 is 0 Å². The van der Waals surface area contributed by atoms with Crippen molar-refractivity contribution in [1.29, 1.82) is 0 Å². The molecule has 1 fully saturated rings. The van der Waals surface area contributed by atoms with Gasteiger partial charge in [0.25, 0.3) is 0 Å². The van der Waals surface area contributed by atoms with Crippen LogP contribution >= 0.6 is 0 Å². The van der Waals surface area contributed by atoms with Crippen LogP contribution in [0.2, 0.25) is 0 Å². The summed E-state index contributed by atoms with van der Waals surface area (Å²) >= 11 is 0. The molecular weight excluding hydrogens is 202 g/mol. The van der Waals surface area contributed by atoms with Gasteiger partial charge < -0.3 is 10.0 Å². The second kappa shape index (κ2) is 5.12. The molecule has 1 heterocycles. The second-order valence-electron chi connectivity index (χ2n) is 4.22. The van der Waals surface area contributed by atoms with Gasteiger partial charge in [-0.1, -0.05) is 6.07 Å². The van der Waals surface area contributed by atoms with E-state index in [0.717, 1.165) is 36.2 Å². The summed E-state index contributed by atoms with van der Waals surface area (Å²) in [5.41, 5.74) is 2.56. The summed E-state index contributed by atoms with van der Waals surface area (Å²) in [5.74, 6) is 0. The molecule has 16 heavy (non-hydrogen) atoms. The number of piperidine rings is 1. The first-order valence-corrected chi connectivity index (χ1v) is 5.79. The molecule has 0 aliphatic carbocycles. The van der Waals surface area contributed by atoms with E-state index in [9.17, 15) is 4.79 Å². The number of anilines is 1. The van der Waals surface area contributed by atoms with Gasteiger partial charge in [0.2, 0.25) is 0 Å². The van der Waals surface area contributed by atoms with Crippen molar-refractivity contribution in [2.75, 3.05) is 18.0 Å². The molecular formula is C13H17NO2. The molecule has 1 aliphatic rings. The molecule has 86 valence electrons. The van der Waals surface area contributed by atoms with E-state index in [2.05, 4.69) is 4.90 Å². The molecule has 0 amide bonds. The van der Waals surface area contributed by atoms with Crippen molar-refractivity contribution in [2.24, 2.45) is 0 Å². The van der Waals surface area contributed by atoms with Crippen molar-refractivity contribution in [2.45, 2.75) is 25.9 Å². The third-order valence-corrected chi connectivity index (χ3v) is 3.10. The molecule has 0 unspecified atom stereocenters. The Morgan fingerprint density at radius 1 is 1.25 bits per heavy atom. The highest BCUT2D eigenvalue weighted by molar-refractivity contribution is 5.85. The van der Waals surface area contributed by atoms with Crippen molar-refractivity contribution >= 4 is 12.0 Å². The zero-order valence-electron chi connectivity index (χ0n) is 9.35. The molecule has 1 aromatic rings. The Kier molecular flexibility index (Phi) is 3.57. The molecule has 1 aromatic carbocycles. The minimum Gasteiger partial charge on any atom is -0.392 e. The number of nitrogens with zero attached hydrogens (tertiary/aromatic N) is 1. The molecule has 1 N–H and O–H groups in total. The highest BCUT2D eigenvalue weighted by Crippen LogP contribution is 2.24. The standard InChI is InChI=1S/C13H17NO2/c15-9-11-4-5-12(10-16)13(8-11)14-6-2-1-3-7-14/h4-5,8,10,15H,1-3,6-7,9H2. The fourth-order valence-corrected chi connectivity index (χ4v) is 2.20. The molecule has 3 heteroatoms. The van der Waals surface area contributed by atoms with Gasteiger partial charge in [0.15, 0.2) is 6.29 Å². The summed E-state index contributed by atoms with van der Waals surface area (Å²) in [7, 11) is 0. The van der Waals surface area contributed by atoms with Crippen LogP contribution in [0.4, 0.5) is 5.69 Å². The molecule has 0 aromatic heterocycles. The summed E-state index contributed by atoms with van der Waals surface area (Å²) < 4.78 is 0. The van der Waals surface area contributed by atoms with Crippen LogP contribution in [-0.4, -0.2) is 24.5 Å². The molecule has 1 saturated heterocycles. The molecule has 3 nitrogen and oxygen atoms in total. The van der Waals surface area contributed by atoms with Gasteiger partial charge in [-0.2, -0.15) is 0 Å². The minimum absolute atomic E-state index is 0.0278. The van der Waals surface area contributed by atoms with Gasteiger partial charge in [-0.25, -0.2) is 0 Å². The summed E-state index contributed by atoms with van der Waals surface area (Å²) in [6, 6.07) is 5.52. The highest BCUT2D eigenvalue weighted by Gasteiger charge is 2.14. The predicted octanol–water partition coefficient (Wildman–Crippen LogP) is 1.98. The smallest absolute Gasteiger partial charge is 0.152 e. The number of rotatable bonds is 3. The monoisotopic (exact) mass is 219 g/mol. The predicted molar refractivity (Wildman–Crippen MR) is 63.8 cm³/mol. The van der Waals surface area contributed by atoms with Gasteiger partial charge in [0.1, 0.15) is 0 Å². The summed E-state index contributed by atoms with van der Waals surface area (Å²) in [5, 5.41) is 9.12. The average molecular weight is 219 g/mol. The number of carbonyl (C=O) groups excluding carboxylic acids is 1. The highest BCUT2D eigenvalue weighted by atomic mass is 16.3. The van der Waals surface area contributed by atoms with Crippen LogP contribution in [0.1, 0.15) is 35.2 Å². The van der Waals surface area contributed by atoms with Gasteiger partial charge in [-0.05, 0) is 37.0 Å². The quantitative estimate of drug-likeness (QED) is 0.790. The number of carbonyl (C=O) groups is 1. The fourth-order valence-electron chi connectivity index (χ4n) is 2.20. The van der Waals surface area contributed by atoms with Crippen molar-refractivity contribution in [3.8, 4) is 0 Å². The number of hydrogen-bond donors (Lipinski definition) is 1. The second-order valence-corrected chi connectivity index (χ2v) is 4.22. The minimum atomic E-state index is 0.0278. The maximum absolute atomic E-state index is 11.0. The first-order chi connectivity index (χ1) is 7.85. The first-order valence-electron chi connectivity index (χ1n) is 5.79. The van der Waals surface area contributed by atoms with Crippen LogP contribution in [0.5, 0.6) is 0 Å². The molecule has 1 aliphatic heterocycles. The number of aliphatic hydroxyl groups excluding tert-OH is 1. The third kappa shape index (κ3) is 2.25. The number of aliphatic hydroxyl groups is 1. The van der Waals surface area contributed by atoms with E-state index in [1.165, 1.54) is 19.3 Å². The topological polar surface area (TPSA) is 40.5 Å². The Morgan fingerprint density at radius 2 is 2.00 bits per heavy atom. The lowest BCUT2D eigenvalue weighted by molar-refractivity contribution is 0.112. The van der Waals surface area contributed by atoms with Crippen LogP contribution in [0.15, 0.2) is 18.2 Å². The van der Waals surface area contributed by atoms with Crippen LogP contribution in [0.3, 0.4) is 0 Å². The lowest BCUT2D eigenvalue weighted by Crippen LogP contribution is -2.30. The maximum atomic E-state index is 11.0. The first kappa shape index (κ1) is 11.1. The normalized spacial score (nSPS) is 16.2. The average Bonchev–Trinajstić information content (AvgIpc) is 2.39. The summed E-state index contributed by atoms with van der Waals surface area (Å²) in [6.45, 7) is 2.05. The number of hydrogen-bond acceptors (Lipinski definition) is 3. The van der Waals surface area contributed by atoms with E-state index in [0.29, 0.717) is 0 Å². The Morgan fingerprint density at radius 3 is 2.62 bits per heavy atom. The lowest BCUT2D eigenvalue weighted by atomic mass is 10.1. The molecule has 0 bridgehead atoms. The van der Waals surface area contributed by atoms with Gasteiger partial charge in [0.05, 0.1) is 6.61 Å². The zero-order chi connectivity index (χ0) is 11.4. The number of benzene rings is 1. The fraction of sp³-hybridized carbons (Fsp3) is 0.462. The van der Waals surface area contributed by atoms with Crippen LogP contribution < -0.4 is 4.90 Å². The van der Waals surface area contributed by atoms with E-state index in [1.807, 2.05) is 6.07 Å². The van der Waals surface area contributed by atoms with E-state index in [4.69, 9.17) is 5.11 Å². The van der Waals surface area contributed by atoms with Gasteiger partial charge in [-0.3, -0.25) is 4.79 Å². The third-order valence-electron chi connectivity index (χ3n) is 3.10.